The Hall–Kier alpha value is -2.44. The zero-order chi connectivity index (χ0) is 20.9. The highest BCUT2D eigenvalue weighted by Gasteiger charge is 2.48. The van der Waals surface area contributed by atoms with Crippen molar-refractivity contribution in [1.29, 1.82) is 0 Å². The summed E-state index contributed by atoms with van der Waals surface area (Å²) in [5.41, 5.74) is 0.259. The van der Waals surface area contributed by atoms with E-state index in [1.54, 1.807) is 25.4 Å². The van der Waals surface area contributed by atoms with Crippen LogP contribution in [-0.2, 0) is 4.74 Å². The van der Waals surface area contributed by atoms with E-state index in [4.69, 9.17) is 9.47 Å². The van der Waals surface area contributed by atoms with Gasteiger partial charge in [-0.05, 0) is 63.2 Å². The van der Waals surface area contributed by atoms with Gasteiger partial charge in [-0.25, -0.2) is 4.79 Å². The van der Waals surface area contributed by atoms with Crippen LogP contribution in [0.4, 0.5) is 0 Å². The lowest BCUT2D eigenvalue weighted by Gasteiger charge is -2.45. The highest BCUT2D eigenvalue weighted by Crippen LogP contribution is 2.42. The Morgan fingerprint density at radius 3 is 2.66 bits per heavy atom. The summed E-state index contributed by atoms with van der Waals surface area (Å²) >= 11 is 0. The molecule has 1 aromatic carbocycles. The Labute approximate surface area is 172 Å². The predicted octanol–water partition coefficient (Wildman–Crippen LogP) is 3.27. The average Bonchev–Trinajstić information content (AvgIpc) is 2.74. The van der Waals surface area contributed by atoms with Crippen molar-refractivity contribution in [2.24, 2.45) is 0 Å². The Bertz CT molecular complexity index is 794. The molecule has 1 N–H and O–H groups in total. The normalized spacial score (nSPS) is 22.9. The van der Waals surface area contributed by atoms with Crippen LogP contribution in [0.25, 0.3) is 0 Å². The number of esters is 1. The van der Waals surface area contributed by atoms with Gasteiger partial charge in [0.05, 0.1) is 12.7 Å². The van der Waals surface area contributed by atoms with Gasteiger partial charge in [0.1, 0.15) is 17.5 Å². The maximum atomic E-state index is 12.7. The van der Waals surface area contributed by atoms with Gasteiger partial charge in [0.25, 0.3) is 0 Å². The highest BCUT2D eigenvalue weighted by atomic mass is 16.6. The first-order chi connectivity index (χ1) is 13.9. The Morgan fingerprint density at radius 1 is 1.28 bits per heavy atom. The van der Waals surface area contributed by atoms with Crippen LogP contribution in [0, 0.1) is 0 Å². The minimum absolute atomic E-state index is 0.199. The van der Waals surface area contributed by atoms with Gasteiger partial charge in [0.2, 0.25) is 0 Å². The molecule has 1 saturated carbocycles. The minimum Gasteiger partial charge on any atom is -0.497 e. The maximum Gasteiger partial charge on any atom is 0.340 e. The summed E-state index contributed by atoms with van der Waals surface area (Å²) in [6.45, 7) is 0.643. The number of ether oxygens (including phenoxy) is 2. The lowest BCUT2D eigenvalue weighted by Crippen LogP contribution is -2.53. The molecule has 0 amide bonds. The molecule has 0 spiro atoms. The third-order valence-corrected chi connectivity index (χ3v) is 5.67. The van der Waals surface area contributed by atoms with E-state index in [1.807, 2.05) is 38.4 Å². The fourth-order valence-corrected chi connectivity index (χ4v) is 4.14. The second kappa shape index (κ2) is 9.37. The first-order valence-corrected chi connectivity index (χ1v) is 10.1. The summed E-state index contributed by atoms with van der Waals surface area (Å²) in [5, 5.41) is 11.9. The van der Waals surface area contributed by atoms with Crippen molar-refractivity contribution >= 4 is 5.97 Å². The van der Waals surface area contributed by atoms with Crippen molar-refractivity contribution in [1.82, 2.24) is 9.88 Å². The maximum absolute atomic E-state index is 12.7. The summed E-state index contributed by atoms with van der Waals surface area (Å²) in [4.78, 5) is 18.7. The van der Waals surface area contributed by atoms with Crippen LogP contribution in [-0.4, -0.2) is 60.4 Å². The molecule has 2 aromatic rings. The lowest BCUT2D eigenvalue weighted by atomic mass is 9.70. The molecule has 1 aliphatic rings. The number of likely N-dealkylation sites (N-methyl/N-ethyl adjacent to an activating group) is 1. The summed E-state index contributed by atoms with van der Waals surface area (Å²) in [6, 6.07) is 11.2. The third kappa shape index (κ3) is 4.95. The summed E-state index contributed by atoms with van der Waals surface area (Å²) in [6.07, 6.45) is 5.58. The number of nitrogens with zero attached hydrogens (tertiary/aromatic N) is 2. The molecule has 0 saturated heterocycles. The molecule has 3 atom stereocenters. The molecule has 1 aliphatic carbocycles. The van der Waals surface area contributed by atoms with Crippen molar-refractivity contribution < 1.29 is 19.4 Å². The van der Waals surface area contributed by atoms with Crippen LogP contribution >= 0.6 is 0 Å². The van der Waals surface area contributed by atoms with Gasteiger partial charge in [-0.15, -0.1) is 0 Å². The number of hydrogen-bond donors (Lipinski definition) is 1. The minimum atomic E-state index is -1.14. The second-order valence-electron chi connectivity index (χ2n) is 7.96. The van der Waals surface area contributed by atoms with Crippen LogP contribution in [0.1, 0.15) is 47.5 Å². The molecule has 3 unspecified atom stereocenters. The Balaban J connectivity index is 1.90. The molecule has 156 valence electrons. The van der Waals surface area contributed by atoms with Gasteiger partial charge < -0.3 is 19.5 Å². The summed E-state index contributed by atoms with van der Waals surface area (Å²) < 4.78 is 11.1. The van der Waals surface area contributed by atoms with E-state index >= 15 is 0 Å². The number of aliphatic hydroxyl groups is 1. The van der Waals surface area contributed by atoms with Crippen molar-refractivity contribution in [2.75, 3.05) is 27.7 Å². The van der Waals surface area contributed by atoms with Gasteiger partial charge in [-0.3, -0.25) is 4.98 Å². The molecule has 1 aromatic heterocycles. The topological polar surface area (TPSA) is 71.9 Å². The summed E-state index contributed by atoms with van der Waals surface area (Å²) in [5.74, 6) is 0.129. The monoisotopic (exact) mass is 398 g/mol. The number of methoxy groups -OCH3 is 1. The number of hydrogen-bond acceptors (Lipinski definition) is 6. The molecule has 0 aliphatic heterocycles. The van der Waals surface area contributed by atoms with E-state index in [9.17, 15) is 9.90 Å². The quantitative estimate of drug-likeness (QED) is 0.722. The van der Waals surface area contributed by atoms with Gasteiger partial charge in [0, 0.05) is 24.9 Å². The van der Waals surface area contributed by atoms with Crippen LogP contribution in [0.5, 0.6) is 5.75 Å². The van der Waals surface area contributed by atoms with Crippen molar-refractivity contribution in [3.8, 4) is 5.75 Å². The zero-order valence-electron chi connectivity index (χ0n) is 17.4. The molecule has 1 heterocycles. The fourth-order valence-electron chi connectivity index (χ4n) is 4.14. The molecule has 0 bridgehead atoms. The van der Waals surface area contributed by atoms with E-state index in [0.717, 1.165) is 24.2 Å². The number of benzene rings is 1. The van der Waals surface area contributed by atoms with E-state index in [0.29, 0.717) is 24.9 Å². The molecule has 3 rings (SSSR count). The molecule has 29 heavy (non-hydrogen) atoms. The average molecular weight is 399 g/mol. The van der Waals surface area contributed by atoms with Crippen molar-refractivity contribution in [3.63, 3.8) is 0 Å². The number of carbonyl (C=O) groups excluding carboxylic acids is 1. The number of carbonyl (C=O) groups is 1. The Morgan fingerprint density at radius 2 is 2.03 bits per heavy atom. The SMILES string of the molecule is COc1ccc(C(CN(C)C)C2(O)CCCCC2OC(=O)c2cccnc2)cc1. The van der Waals surface area contributed by atoms with Crippen molar-refractivity contribution in [3.05, 3.63) is 59.9 Å². The van der Waals surface area contributed by atoms with E-state index in [2.05, 4.69) is 9.88 Å². The lowest BCUT2D eigenvalue weighted by molar-refractivity contribution is -0.125. The fraction of sp³-hybridized carbons (Fsp3) is 0.478. The van der Waals surface area contributed by atoms with Crippen LogP contribution in [0.3, 0.4) is 0 Å². The van der Waals surface area contributed by atoms with Crippen molar-refractivity contribution in [2.45, 2.75) is 43.3 Å². The van der Waals surface area contributed by atoms with Gasteiger partial charge in [0.15, 0.2) is 0 Å². The number of pyridine rings is 1. The predicted molar refractivity (Wildman–Crippen MR) is 111 cm³/mol. The Kier molecular flexibility index (Phi) is 6.87. The first kappa shape index (κ1) is 21.3. The molecule has 0 radical (unpaired) electrons. The zero-order valence-corrected chi connectivity index (χ0v) is 17.4. The molecule has 6 nitrogen and oxygen atoms in total. The van der Waals surface area contributed by atoms with Gasteiger partial charge >= 0.3 is 5.97 Å². The van der Waals surface area contributed by atoms with Gasteiger partial charge in [-0.2, -0.15) is 0 Å². The van der Waals surface area contributed by atoms with E-state index in [1.165, 1.54) is 6.20 Å². The van der Waals surface area contributed by atoms with Gasteiger partial charge in [-0.1, -0.05) is 18.6 Å². The standard InChI is InChI=1S/C23H30N2O4/c1-25(2)16-20(17-9-11-19(28-3)12-10-17)23(27)13-5-4-8-21(23)29-22(26)18-7-6-14-24-15-18/h6-7,9-12,14-15,20-21,27H,4-5,8,13,16H2,1-3H3. The third-order valence-electron chi connectivity index (χ3n) is 5.67. The molecular formula is C23H30N2O4. The van der Waals surface area contributed by atoms with Crippen LogP contribution < -0.4 is 4.74 Å². The smallest absolute Gasteiger partial charge is 0.340 e. The number of aromatic nitrogens is 1. The first-order valence-electron chi connectivity index (χ1n) is 10.1. The van der Waals surface area contributed by atoms with Crippen LogP contribution in [0.2, 0.25) is 0 Å². The molecule has 1 fully saturated rings. The highest BCUT2D eigenvalue weighted by molar-refractivity contribution is 5.89. The van der Waals surface area contributed by atoms with Crippen LogP contribution in [0.15, 0.2) is 48.8 Å². The molecular weight excluding hydrogens is 368 g/mol. The number of rotatable bonds is 7. The second-order valence-corrected chi connectivity index (χ2v) is 7.96. The largest absolute Gasteiger partial charge is 0.497 e. The van der Waals surface area contributed by atoms with E-state index in [-0.39, 0.29) is 5.92 Å². The van der Waals surface area contributed by atoms with E-state index < -0.39 is 17.7 Å². The summed E-state index contributed by atoms with van der Waals surface area (Å²) in [7, 11) is 5.60. The molecule has 6 heteroatoms.